The molecule has 0 aliphatic heterocycles. The normalized spacial score (nSPS) is 12.2. The SMILES string of the molecule is CCC=COCCC[Si](OCCC)(OCCC)OCCC. The summed E-state index contributed by atoms with van der Waals surface area (Å²) in [6.07, 6.45) is 8.63. The molecule has 0 radical (unpaired) electrons. The summed E-state index contributed by atoms with van der Waals surface area (Å²) in [6.45, 7) is 11.2. The van der Waals surface area contributed by atoms with Gasteiger partial charge in [-0.3, -0.25) is 0 Å². The van der Waals surface area contributed by atoms with Crippen LogP contribution in [0.4, 0.5) is 0 Å². The van der Waals surface area contributed by atoms with Crippen LogP contribution in [0.1, 0.15) is 59.8 Å². The Hall–Kier alpha value is -0.363. The summed E-state index contributed by atoms with van der Waals surface area (Å²) in [6, 6.07) is 0.826. The third-order valence-electron chi connectivity index (χ3n) is 2.75. The topological polar surface area (TPSA) is 36.9 Å². The summed E-state index contributed by atoms with van der Waals surface area (Å²) < 4.78 is 23.6. The van der Waals surface area contributed by atoms with Gasteiger partial charge in [0.05, 0.1) is 12.9 Å². The van der Waals surface area contributed by atoms with Crippen LogP contribution in [-0.2, 0) is 18.0 Å². The average Bonchev–Trinajstić information content (AvgIpc) is 2.51. The molecule has 0 saturated heterocycles. The lowest BCUT2D eigenvalue weighted by Crippen LogP contribution is -2.46. The molecular formula is C16H34O4Si. The van der Waals surface area contributed by atoms with Crippen molar-refractivity contribution in [2.45, 2.75) is 65.8 Å². The molecular weight excluding hydrogens is 284 g/mol. The van der Waals surface area contributed by atoms with E-state index in [0.29, 0.717) is 26.4 Å². The number of allylic oxidation sites excluding steroid dienone is 1. The monoisotopic (exact) mass is 318 g/mol. The van der Waals surface area contributed by atoms with Crippen molar-refractivity contribution in [2.75, 3.05) is 26.4 Å². The molecule has 21 heavy (non-hydrogen) atoms. The zero-order chi connectivity index (χ0) is 15.8. The van der Waals surface area contributed by atoms with Crippen molar-refractivity contribution >= 4 is 8.80 Å². The molecule has 0 rings (SSSR count). The van der Waals surface area contributed by atoms with Crippen molar-refractivity contribution in [1.29, 1.82) is 0 Å². The molecule has 0 saturated carbocycles. The second-order valence-electron chi connectivity index (χ2n) is 4.98. The van der Waals surface area contributed by atoms with Crippen LogP contribution in [0.3, 0.4) is 0 Å². The molecule has 0 spiro atoms. The van der Waals surface area contributed by atoms with Crippen molar-refractivity contribution in [1.82, 2.24) is 0 Å². The molecule has 0 N–H and O–H groups in total. The van der Waals surface area contributed by atoms with E-state index in [1.54, 1.807) is 6.26 Å². The van der Waals surface area contributed by atoms with E-state index in [1.807, 2.05) is 6.08 Å². The summed E-state index contributed by atoms with van der Waals surface area (Å²) >= 11 is 0. The quantitative estimate of drug-likeness (QED) is 0.252. The number of hydrogen-bond donors (Lipinski definition) is 0. The summed E-state index contributed by atoms with van der Waals surface area (Å²) in [4.78, 5) is 0. The Bertz CT molecular complexity index is 225. The predicted octanol–water partition coefficient (Wildman–Crippen LogP) is 4.54. The first-order chi connectivity index (χ1) is 10.2. The van der Waals surface area contributed by atoms with Gasteiger partial charge in [-0.1, -0.05) is 33.8 Å². The number of hydrogen-bond acceptors (Lipinski definition) is 4. The molecule has 0 aromatic heterocycles. The molecule has 5 heteroatoms. The molecule has 0 unspecified atom stereocenters. The van der Waals surface area contributed by atoms with E-state index in [0.717, 1.165) is 38.1 Å². The highest BCUT2D eigenvalue weighted by atomic mass is 28.4. The van der Waals surface area contributed by atoms with E-state index in [-0.39, 0.29) is 0 Å². The van der Waals surface area contributed by atoms with Crippen LogP contribution in [0.5, 0.6) is 0 Å². The molecule has 4 nitrogen and oxygen atoms in total. The average molecular weight is 319 g/mol. The highest BCUT2D eigenvalue weighted by molar-refractivity contribution is 6.60. The summed E-state index contributed by atoms with van der Waals surface area (Å²) in [7, 11) is -2.53. The molecule has 0 bridgehead atoms. The smallest absolute Gasteiger partial charge is 0.501 e. The van der Waals surface area contributed by atoms with E-state index in [4.69, 9.17) is 18.0 Å². The fourth-order valence-electron chi connectivity index (χ4n) is 1.72. The lowest BCUT2D eigenvalue weighted by molar-refractivity contribution is 0.0572. The van der Waals surface area contributed by atoms with Gasteiger partial charge in [-0.15, -0.1) is 0 Å². The molecule has 0 aliphatic rings. The first-order valence-corrected chi connectivity index (χ1v) is 10.4. The van der Waals surface area contributed by atoms with Crippen LogP contribution in [0.15, 0.2) is 12.3 Å². The Morgan fingerprint density at radius 3 is 1.71 bits per heavy atom. The van der Waals surface area contributed by atoms with Gasteiger partial charge in [0.15, 0.2) is 0 Å². The Morgan fingerprint density at radius 1 is 0.762 bits per heavy atom. The van der Waals surface area contributed by atoms with Crippen molar-refractivity contribution in [3.05, 3.63) is 12.3 Å². The second-order valence-corrected chi connectivity index (χ2v) is 7.71. The first kappa shape index (κ1) is 20.6. The fourth-order valence-corrected chi connectivity index (χ4v) is 4.52. The molecule has 0 aliphatic carbocycles. The third kappa shape index (κ3) is 10.9. The molecule has 0 atom stereocenters. The van der Waals surface area contributed by atoms with Gasteiger partial charge in [-0.25, -0.2) is 0 Å². The third-order valence-corrected chi connectivity index (χ3v) is 5.65. The zero-order valence-electron chi connectivity index (χ0n) is 14.4. The van der Waals surface area contributed by atoms with Gasteiger partial charge >= 0.3 is 8.80 Å². The summed E-state index contributed by atoms with van der Waals surface area (Å²) in [5.74, 6) is 0. The van der Waals surface area contributed by atoms with Crippen molar-refractivity contribution in [3.8, 4) is 0 Å². The maximum absolute atomic E-state index is 6.03. The van der Waals surface area contributed by atoms with Crippen LogP contribution < -0.4 is 0 Å². The molecule has 0 aromatic rings. The van der Waals surface area contributed by atoms with E-state index in [2.05, 4.69) is 27.7 Å². The maximum Gasteiger partial charge on any atom is 0.501 e. The minimum Gasteiger partial charge on any atom is -0.502 e. The highest BCUT2D eigenvalue weighted by Gasteiger charge is 2.40. The lowest BCUT2D eigenvalue weighted by atomic mass is 10.5. The van der Waals surface area contributed by atoms with Crippen LogP contribution in [0.2, 0.25) is 6.04 Å². The van der Waals surface area contributed by atoms with Crippen LogP contribution in [0, 0.1) is 0 Å². The van der Waals surface area contributed by atoms with Gasteiger partial charge in [-0.2, -0.15) is 0 Å². The van der Waals surface area contributed by atoms with Gasteiger partial charge in [0.1, 0.15) is 0 Å². The van der Waals surface area contributed by atoms with Gasteiger partial charge in [0.2, 0.25) is 0 Å². The number of ether oxygens (including phenoxy) is 1. The van der Waals surface area contributed by atoms with Crippen LogP contribution in [0.25, 0.3) is 0 Å². The maximum atomic E-state index is 6.03. The molecule has 0 aromatic carbocycles. The van der Waals surface area contributed by atoms with E-state index in [9.17, 15) is 0 Å². The molecule has 0 heterocycles. The highest BCUT2D eigenvalue weighted by Crippen LogP contribution is 2.19. The Balaban J connectivity index is 4.37. The van der Waals surface area contributed by atoms with Crippen LogP contribution >= 0.6 is 0 Å². The van der Waals surface area contributed by atoms with Gasteiger partial charge < -0.3 is 18.0 Å². The summed E-state index contributed by atoms with van der Waals surface area (Å²) in [5.41, 5.74) is 0. The van der Waals surface area contributed by atoms with Crippen molar-refractivity contribution < 1.29 is 18.0 Å². The zero-order valence-corrected chi connectivity index (χ0v) is 15.4. The Morgan fingerprint density at radius 2 is 1.29 bits per heavy atom. The molecule has 0 fully saturated rings. The summed E-state index contributed by atoms with van der Waals surface area (Å²) in [5, 5.41) is 0. The van der Waals surface area contributed by atoms with Crippen LogP contribution in [-0.4, -0.2) is 35.2 Å². The number of rotatable bonds is 15. The fraction of sp³-hybridized carbons (Fsp3) is 0.875. The van der Waals surface area contributed by atoms with Gasteiger partial charge in [0.25, 0.3) is 0 Å². The van der Waals surface area contributed by atoms with Crippen molar-refractivity contribution in [3.63, 3.8) is 0 Å². The van der Waals surface area contributed by atoms with E-state index < -0.39 is 8.80 Å². The minimum atomic E-state index is -2.53. The standard InChI is InChI=1S/C16H34O4Si/c1-5-9-14-17-15-10-16-21(18-11-6-2,19-12-7-3)20-13-8-4/h9,14H,5-8,10-13,15-16H2,1-4H3. The first-order valence-electron chi connectivity index (χ1n) is 8.43. The van der Waals surface area contributed by atoms with Gasteiger partial charge in [-0.05, 0) is 32.1 Å². The largest absolute Gasteiger partial charge is 0.502 e. The van der Waals surface area contributed by atoms with E-state index >= 15 is 0 Å². The lowest BCUT2D eigenvalue weighted by Gasteiger charge is -2.29. The second kappa shape index (κ2) is 14.6. The predicted molar refractivity (Wildman–Crippen MR) is 89.3 cm³/mol. The Kier molecular flexibility index (Phi) is 14.3. The van der Waals surface area contributed by atoms with Gasteiger partial charge in [0, 0.05) is 25.9 Å². The van der Waals surface area contributed by atoms with Crippen molar-refractivity contribution in [2.24, 2.45) is 0 Å². The molecule has 126 valence electrons. The van der Waals surface area contributed by atoms with E-state index in [1.165, 1.54) is 0 Å². The molecule has 0 amide bonds. The minimum absolute atomic E-state index is 0.686. The Labute approximate surface area is 132 Å².